The van der Waals surface area contributed by atoms with Crippen LogP contribution in [0, 0.1) is 0 Å². The van der Waals surface area contributed by atoms with Crippen LogP contribution < -0.4 is 3.58 Å². The molecule has 3 heteroatoms. The minimum absolute atomic E-state index is 0.192. The van der Waals surface area contributed by atoms with Crippen LogP contribution in [0.1, 0.15) is 91.2 Å². The zero-order valence-electron chi connectivity index (χ0n) is 17.4. The number of aromatic nitrogens is 1. The van der Waals surface area contributed by atoms with Crippen molar-refractivity contribution >= 4 is 22.0 Å². The molecule has 0 bridgehead atoms. The Hall–Kier alpha value is -0.0913. The Bertz CT molecular complexity index is 453. The van der Waals surface area contributed by atoms with Crippen LogP contribution in [0.2, 0.25) is 13.3 Å². The van der Waals surface area contributed by atoms with Gasteiger partial charge < -0.3 is 0 Å². The van der Waals surface area contributed by atoms with Crippen molar-refractivity contribution < 1.29 is 5.11 Å². The molecule has 0 radical (unpaired) electrons. The van der Waals surface area contributed by atoms with Crippen LogP contribution in [0.3, 0.4) is 0 Å². The monoisotopic (exact) mass is 455 g/mol. The molecule has 2 nitrogen and oxygen atoms in total. The number of rotatable bonds is 13. The van der Waals surface area contributed by atoms with Crippen molar-refractivity contribution in [2.24, 2.45) is 0 Å². The number of pyridine rings is 1. The van der Waals surface area contributed by atoms with Crippen LogP contribution in [0.25, 0.3) is 0 Å². The molecule has 1 aromatic rings. The molecule has 0 saturated heterocycles. The van der Waals surface area contributed by atoms with Gasteiger partial charge in [-0.2, -0.15) is 0 Å². The number of aliphatic hydroxyl groups is 1. The van der Waals surface area contributed by atoms with Crippen molar-refractivity contribution in [1.82, 2.24) is 4.98 Å². The third-order valence-electron chi connectivity index (χ3n) is 5.81. The molecule has 0 spiro atoms. The molecular weight excluding hydrogens is 413 g/mol. The van der Waals surface area contributed by atoms with Gasteiger partial charge in [-0.15, -0.1) is 0 Å². The van der Waals surface area contributed by atoms with E-state index in [0.717, 1.165) is 6.42 Å². The fourth-order valence-electron chi connectivity index (χ4n) is 4.25. The van der Waals surface area contributed by atoms with Crippen LogP contribution in [0.4, 0.5) is 0 Å². The molecule has 0 amide bonds. The predicted molar refractivity (Wildman–Crippen MR) is 113 cm³/mol. The zero-order valence-corrected chi connectivity index (χ0v) is 20.2. The Balaban J connectivity index is 3.40. The first kappa shape index (κ1) is 22.9. The number of hydrogen-bond donors (Lipinski definition) is 1. The fraction of sp³-hybridized carbons (Fsp3) is 0.773. The maximum atomic E-state index is 10.4. The van der Waals surface area contributed by atoms with Gasteiger partial charge in [-0.25, -0.2) is 0 Å². The van der Waals surface area contributed by atoms with E-state index in [9.17, 15) is 5.11 Å². The van der Waals surface area contributed by atoms with Crippen molar-refractivity contribution in [3.8, 4) is 0 Å². The topological polar surface area (TPSA) is 33.1 Å². The van der Waals surface area contributed by atoms with Gasteiger partial charge >= 0.3 is 161 Å². The summed E-state index contributed by atoms with van der Waals surface area (Å²) < 4.78 is 6.01. The predicted octanol–water partition coefficient (Wildman–Crippen LogP) is 6.01. The summed E-state index contributed by atoms with van der Waals surface area (Å²) in [6, 6.07) is 4.56. The fourth-order valence-corrected chi connectivity index (χ4v) is 21.1. The molecule has 1 aromatic heterocycles. The summed E-state index contributed by atoms with van der Waals surface area (Å²) in [6.45, 7) is 11.1. The minimum atomic E-state index is -2.50. The van der Waals surface area contributed by atoms with E-state index < -0.39 is 18.4 Å². The third kappa shape index (κ3) is 6.53. The molecular formula is C22H41NOSn. The van der Waals surface area contributed by atoms with Gasteiger partial charge in [0.05, 0.1) is 0 Å². The molecule has 0 aliphatic heterocycles. The molecule has 1 heterocycles. The Morgan fingerprint density at radius 1 is 0.960 bits per heavy atom. The molecule has 0 aromatic carbocycles. The van der Waals surface area contributed by atoms with E-state index in [2.05, 4.69) is 39.8 Å². The molecule has 25 heavy (non-hydrogen) atoms. The molecule has 1 N–H and O–H groups in total. The average molecular weight is 454 g/mol. The van der Waals surface area contributed by atoms with E-state index in [1.807, 2.05) is 13.1 Å². The maximum absolute atomic E-state index is 10.4. The Kier molecular flexibility index (Phi) is 11.3. The number of hydrogen-bond acceptors (Lipinski definition) is 2. The number of nitrogens with zero attached hydrogens (tertiary/aromatic N) is 1. The first-order chi connectivity index (χ1) is 12.1. The van der Waals surface area contributed by atoms with E-state index >= 15 is 0 Å². The summed E-state index contributed by atoms with van der Waals surface area (Å²) in [5.74, 6) is 0.192. The van der Waals surface area contributed by atoms with E-state index in [0.29, 0.717) is 0 Å². The van der Waals surface area contributed by atoms with Crippen molar-refractivity contribution in [2.45, 2.75) is 105 Å². The molecule has 0 aliphatic carbocycles. The van der Waals surface area contributed by atoms with Crippen LogP contribution in [0.15, 0.2) is 18.3 Å². The second-order valence-corrected chi connectivity index (χ2v) is 20.9. The quantitative estimate of drug-likeness (QED) is 0.371. The van der Waals surface area contributed by atoms with E-state index in [1.54, 1.807) is 3.58 Å². The second-order valence-electron chi connectivity index (χ2n) is 7.78. The zero-order chi connectivity index (χ0) is 18.7. The van der Waals surface area contributed by atoms with Gasteiger partial charge in [-0.1, -0.05) is 0 Å². The Morgan fingerprint density at radius 3 is 1.88 bits per heavy atom. The third-order valence-corrected chi connectivity index (χ3v) is 21.5. The second kappa shape index (κ2) is 12.3. The van der Waals surface area contributed by atoms with Crippen molar-refractivity contribution in [3.05, 3.63) is 24.0 Å². The summed E-state index contributed by atoms with van der Waals surface area (Å²) in [5, 5.41) is 10.4. The van der Waals surface area contributed by atoms with Gasteiger partial charge in [0.2, 0.25) is 0 Å². The van der Waals surface area contributed by atoms with Gasteiger partial charge in [-0.3, -0.25) is 0 Å². The molecule has 2 unspecified atom stereocenters. The van der Waals surface area contributed by atoms with E-state index in [1.165, 1.54) is 57.5 Å². The molecule has 2 atom stereocenters. The van der Waals surface area contributed by atoms with Gasteiger partial charge in [0, 0.05) is 0 Å². The summed E-state index contributed by atoms with van der Waals surface area (Å²) in [5.41, 5.74) is 1.25. The van der Waals surface area contributed by atoms with Crippen molar-refractivity contribution in [1.29, 1.82) is 0 Å². The summed E-state index contributed by atoms with van der Waals surface area (Å²) >= 11 is -2.50. The van der Waals surface area contributed by atoms with Crippen LogP contribution in [-0.2, 0) is 0 Å². The molecule has 1 rings (SSSR count). The summed E-state index contributed by atoms with van der Waals surface area (Å²) in [7, 11) is 0. The normalized spacial score (nSPS) is 14.5. The Morgan fingerprint density at radius 2 is 1.48 bits per heavy atom. The molecule has 0 saturated carbocycles. The summed E-state index contributed by atoms with van der Waals surface area (Å²) in [4.78, 5) is 4.85. The SMILES string of the molecule is CCC[CH2][Sn]([CH2]CCC)([CH2]CCC)[c]1cccnc1C(CC)C(C)O. The first-order valence-corrected chi connectivity index (χ1v) is 18.2. The Labute approximate surface area is 160 Å². The van der Waals surface area contributed by atoms with E-state index in [4.69, 9.17) is 4.98 Å². The van der Waals surface area contributed by atoms with Gasteiger partial charge in [0.1, 0.15) is 0 Å². The molecule has 144 valence electrons. The van der Waals surface area contributed by atoms with Crippen LogP contribution >= 0.6 is 0 Å². The van der Waals surface area contributed by atoms with Gasteiger partial charge in [0.15, 0.2) is 0 Å². The molecule has 0 fully saturated rings. The number of aliphatic hydroxyl groups excluding tert-OH is 1. The number of unbranched alkanes of at least 4 members (excludes halogenated alkanes) is 3. The summed E-state index contributed by atoms with van der Waals surface area (Å²) in [6.07, 6.45) is 10.6. The van der Waals surface area contributed by atoms with Crippen molar-refractivity contribution in [2.75, 3.05) is 0 Å². The van der Waals surface area contributed by atoms with Gasteiger partial charge in [0.25, 0.3) is 0 Å². The van der Waals surface area contributed by atoms with Crippen molar-refractivity contribution in [3.63, 3.8) is 0 Å². The van der Waals surface area contributed by atoms with Crippen LogP contribution in [0.5, 0.6) is 0 Å². The van der Waals surface area contributed by atoms with Gasteiger partial charge in [-0.05, 0) is 0 Å². The standard InChI is InChI=1S/C10H14NO.3C4H9.Sn/c1-3-9(8(2)12)10-6-4-5-7-11-10;3*1-3-4-2;/h4-5,7-9,12H,3H2,1-2H3;3*1,3-4H2,2H3;. The molecule has 0 aliphatic rings. The van der Waals surface area contributed by atoms with E-state index in [-0.39, 0.29) is 12.0 Å². The van der Waals surface area contributed by atoms with Crippen LogP contribution in [-0.4, -0.2) is 34.6 Å². The first-order valence-electron chi connectivity index (χ1n) is 10.7. The average Bonchev–Trinajstić information content (AvgIpc) is 2.62.